The molecule has 0 radical (unpaired) electrons. The number of halogens is 2. The predicted octanol–water partition coefficient (Wildman–Crippen LogP) is 3.91. The van der Waals surface area contributed by atoms with Gasteiger partial charge in [-0.3, -0.25) is 4.79 Å². The van der Waals surface area contributed by atoms with E-state index in [1.165, 1.54) is 5.54 Å². The van der Waals surface area contributed by atoms with Crippen molar-refractivity contribution in [3.8, 4) is 0 Å². The van der Waals surface area contributed by atoms with Crippen LogP contribution in [0.4, 0.5) is 0 Å². The van der Waals surface area contributed by atoms with Crippen molar-refractivity contribution in [2.45, 2.75) is 4.90 Å². The summed E-state index contributed by atoms with van der Waals surface area (Å²) in [6.07, 6.45) is 0.820. The average molecular weight is 247 g/mol. The van der Waals surface area contributed by atoms with E-state index in [2.05, 4.69) is 0 Å². The fourth-order valence-electron chi connectivity index (χ4n) is 0.826. The van der Waals surface area contributed by atoms with E-state index in [0.29, 0.717) is 16.3 Å². The Morgan fingerprint density at radius 2 is 2.00 bits per heavy atom. The van der Waals surface area contributed by atoms with Crippen molar-refractivity contribution < 1.29 is 4.79 Å². The van der Waals surface area contributed by atoms with Gasteiger partial charge in [-0.25, -0.2) is 0 Å². The van der Waals surface area contributed by atoms with E-state index >= 15 is 0 Å². The first-order valence-corrected chi connectivity index (χ1v) is 5.69. The lowest BCUT2D eigenvalue weighted by atomic mass is 10.2. The summed E-state index contributed by atoms with van der Waals surface area (Å²) in [6.45, 7) is 0. The second-order valence-electron chi connectivity index (χ2n) is 2.53. The van der Waals surface area contributed by atoms with Gasteiger partial charge < -0.3 is 0 Å². The summed E-state index contributed by atoms with van der Waals surface area (Å²) in [7, 11) is 0. The van der Waals surface area contributed by atoms with E-state index in [-0.39, 0.29) is 0 Å². The van der Waals surface area contributed by atoms with Gasteiger partial charge in [0.25, 0.3) is 0 Å². The van der Waals surface area contributed by atoms with Crippen LogP contribution in [0.2, 0.25) is 0 Å². The van der Waals surface area contributed by atoms with Crippen LogP contribution >= 0.6 is 35.0 Å². The van der Waals surface area contributed by atoms with Crippen molar-refractivity contribution in [3.05, 3.63) is 40.4 Å². The second-order valence-corrected chi connectivity index (χ2v) is 4.28. The highest BCUT2D eigenvalue weighted by Gasteiger charge is 1.96. The van der Waals surface area contributed by atoms with Gasteiger partial charge in [-0.15, -0.1) is 11.8 Å². The van der Waals surface area contributed by atoms with Crippen molar-refractivity contribution in [1.29, 1.82) is 0 Å². The SMILES string of the molecule is O=Cc1ccc(SC/C(Cl)=C\Cl)cc1. The first-order valence-electron chi connectivity index (χ1n) is 3.89. The standard InChI is InChI=1S/C10H8Cl2OS/c11-5-9(12)7-14-10-3-1-8(6-13)2-4-10/h1-6H,7H2/b9-5+. The van der Waals surface area contributed by atoms with Gasteiger partial charge >= 0.3 is 0 Å². The highest BCUT2D eigenvalue weighted by atomic mass is 35.5. The molecule has 0 aliphatic heterocycles. The molecule has 0 N–H and O–H groups in total. The minimum absolute atomic E-state index is 0.608. The molecule has 1 aromatic carbocycles. The molecule has 0 unspecified atom stereocenters. The van der Waals surface area contributed by atoms with Crippen LogP contribution in [0.1, 0.15) is 10.4 Å². The summed E-state index contributed by atoms with van der Waals surface area (Å²) in [5, 5.41) is 0.608. The maximum absolute atomic E-state index is 10.4. The minimum atomic E-state index is 0.608. The van der Waals surface area contributed by atoms with Crippen LogP contribution in [0, 0.1) is 0 Å². The Balaban J connectivity index is 2.56. The van der Waals surface area contributed by atoms with Crippen LogP contribution in [0.25, 0.3) is 0 Å². The fourth-order valence-corrected chi connectivity index (χ4v) is 1.88. The summed E-state index contributed by atoms with van der Waals surface area (Å²) in [4.78, 5) is 11.4. The molecule has 14 heavy (non-hydrogen) atoms. The zero-order valence-corrected chi connectivity index (χ0v) is 9.57. The molecular formula is C10H8Cl2OS. The lowest BCUT2D eigenvalue weighted by Crippen LogP contribution is -1.81. The average Bonchev–Trinajstić information content (AvgIpc) is 2.26. The third-order valence-corrected chi connectivity index (χ3v) is 3.35. The number of rotatable bonds is 4. The van der Waals surface area contributed by atoms with Gasteiger partial charge in [0, 0.05) is 26.8 Å². The molecule has 0 atom stereocenters. The van der Waals surface area contributed by atoms with E-state index in [9.17, 15) is 4.79 Å². The predicted molar refractivity (Wildman–Crippen MR) is 62.3 cm³/mol. The zero-order valence-electron chi connectivity index (χ0n) is 7.24. The van der Waals surface area contributed by atoms with Gasteiger partial charge in [0.15, 0.2) is 0 Å². The molecule has 0 aliphatic rings. The van der Waals surface area contributed by atoms with E-state index in [4.69, 9.17) is 23.2 Å². The Hall–Kier alpha value is -0.440. The van der Waals surface area contributed by atoms with Crippen molar-refractivity contribution in [1.82, 2.24) is 0 Å². The molecule has 0 saturated carbocycles. The maximum Gasteiger partial charge on any atom is 0.150 e. The normalized spacial score (nSPS) is 11.4. The molecule has 1 nitrogen and oxygen atoms in total. The van der Waals surface area contributed by atoms with Gasteiger partial charge in [-0.1, -0.05) is 35.3 Å². The van der Waals surface area contributed by atoms with E-state index < -0.39 is 0 Å². The number of hydrogen-bond acceptors (Lipinski definition) is 2. The quantitative estimate of drug-likeness (QED) is 0.592. The van der Waals surface area contributed by atoms with E-state index in [1.807, 2.05) is 12.1 Å². The molecule has 0 saturated heterocycles. The third kappa shape index (κ3) is 3.74. The monoisotopic (exact) mass is 246 g/mol. The van der Waals surface area contributed by atoms with Crippen molar-refractivity contribution in [2.75, 3.05) is 5.75 Å². The second kappa shape index (κ2) is 6.12. The molecule has 0 bridgehead atoms. The molecule has 0 heterocycles. The van der Waals surface area contributed by atoms with Crippen LogP contribution in [0.3, 0.4) is 0 Å². The Labute approximate surface area is 97.1 Å². The largest absolute Gasteiger partial charge is 0.298 e. The molecule has 0 fully saturated rings. The molecule has 4 heteroatoms. The molecule has 0 aromatic heterocycles. The van der Waals surface area contributed by atoms with Crippen molar-refractivity contribution >= 4 is 41.2 Å². The van der Waals surface area contributed by atoms with E-state index in [1.54, 1.807) is 23.9 Å². The van der Waals surface area contributed by atoms with Crippen molar-refractivity contribution in [3.63, 3.8) is 0 Å². The molecule has 74 valence electrons. The Morgan fingerprint density at radius 3 is 2.50 bits per heavy atom. The molecular weight excluding hydrogens is 239 g/mol. The van der Waals surface area contributed by atoms with Crippen LogP contribution < -0.4 is 0 Å². The maximum atomic E-state index is 10.4. The summed E-state index contributed by atoms with van der Waals surface area (Å²) >= 11 is 12.7. The fraction of sp³-hybridized carbons (Fsp3) is 0.100. The third-order valence-electron chi connectivity index (χ3n) is 1.51. The lowest BCUT2D eigenvalue weighted by Gasteiger charge is -1.99. The zero-order chi connectivity index (χ0) is 10.4. The lowest BCUT2D eigenvalue weighted by molar-refractivity contribution is 0.112. The highest BCUT2D eigenvalue weighted by molar-refractivity contribution is 7.99. The molecule has 1 aromatic rings. The first-order chi connectivity index (χ1) is 6.76. The number of aldehydes is 1. The van der Waals surface area contributed by atoms with E-state index in [0.717, 1.165) is 11.2 Å². The number of hydrogen-bond donors (Lipinski definition) is 0. The molecule has 0 amide bonds. The number of carbonyl (C=O) groups excluding carboxylic acids is 1. The number of thioether (sulfide) groups is 1. The Bertz CT molecular complexity index is 332. The summed E-state index contributed by atoms with van der Waals surface area (Å²) < 4.78 is 0. The van der Waals surface area contributed by atoms with Crippen LogP contribution in [-0.2, 0) is 0 Å². The van der Waals surface area contributed by atoms with Crippen LogP contribution in [0.15, 0.2) is 39.7 Å². The molecule has 1 rings (SSSR count). The Morgan fingerprint density at radius 1 is 1.36 bits per heavy atom. The van der Waals surface area contributed by atoms with Gasteiger partial charge in [0.2, 0.25) is 0 Å². The smallest absolute Gasteiger partial charge is 0.150 e. The first kappa shape index (κ1) is 11.6. The summed E-state index contributed by atoms with van der Waals surface area (Å²) in [6, 6.07) is 7.31. The van der Waals surface area contributed by atoms with Gasteiger partial charge in [0.05, 0.1) is 0 Å². The molecule has 0 spiro atoms. The minimum Gasteiger partial charge on any atom is -0.298 e. The highest BCUT2D eigenvalue weighted by Crippen LogP contribution is 2.22. The van der Waals surface area contributed by atoms with Crippen molar-refractivity contribution in [2.24, 2.45) is 0 Å². The molecule has 0 aliphatic carbocycles. The number of benzene rings is 1. The topological polar surface area (TPSA) is 17.1 Å². The number of carbonyl (C=O) groups is 1. The summed E-state index contributed by atoms with van der Waals surface area (Å²) in [5.41, 5.74) is 2.03. The van der Waals surface area contributed by atoms with Gasteiger partial charge in [-0.05, 0) is 12.1 Å². The summed E-state index contributed by atoms with van der Waals surface area (Å²) in [5.74, 6) is 0.644. The van der Waals surface area contributed by atoms with Crippen LogP contribution in [0.5, 0.6) is 0 Å². The van der Waals surface area contributed by atoms with Gasteiger partial charge in [0.1, 0.15) is 6.29 Å². The Kier molecular flexibility index (Phi) is 5.09. The van der Waals surface area contributed by atoms with Crippen LogP contribution in [-0.4, -0.2) is 12.0 Å². The van der Waals surface area contributed by atoms with Gasteiger partial charge in [-0.2, -0.15) is 0 Å².